The summed E-state index contributed by atoms with van der Waals surface area (Å²) in [6, 6.07) is 0. The zero-order valence-electron chi connectivity index (χ0n) is 22.1. The SMILES string of the molecule is O=P(O)(O)O[C@@H]1[C@@H](OP(=O)(O)O)[C@H](OP(=O)(O)O)[C@@H](OP(=O)(O)OC2C(O)C(O)C(O)C(O)C2O)[C@@H](OP(=O)(O)O)[C@H]1OP(=O)(O)O. The Kier molecular flexibility index (Phi) is 14.1. The average molecular weight is 822 g/mol. The van der Waals surface area contributed by atoms with Crippen molar-refractivity contribution in [2.45, 2.75) is 73.2 Å². The lowest BCUT2D eigenvalue weighted by Crippen LogP contribution is -2.66. The van der Waals surface area contributed by atoms with Gasteiger partial charge in [0.2, 0.25) is 0 Å². The number of rotatable bonds is 14. The van der Waals surface area contributed by atoms with Crippen molar-refractivity contribution in [1.29, 1.82) is 0 Å². The third-order valence-corrected chi connectivity index (χ3v) is 9.43. The zero-order valence-corrected chi connectivity index (χ0v) is 27.4. The zero-order chi connectivity index (χ0) is 36.9. The van der Waals surface area contributed by atoms with Gasteiger partial charge in [0.15, 0.2) is 0 Å². The van der Waals surface area contributed by atoms with Gasteiger partial charge < -0.3 is 79.4 Å². The molecule has 2 fully saturated rings. The molecule has 0 saturated heterocycles. The number of phosphoric acid groups is 6. The smallest absolute Gasteiger partial charge is 0.387 e. The van der Waals surface area contributed by atoms with Gasteiger partial charge in [0.05, 0.1) is 0 Å². The van der Waals surface area contributed by atoms with E-state index in [0.717, 1.165) is 0 Å². The molecule has 0 aromatic heterocycles. The van der Waals surface area contributed by atoms with Gasteiger partial charge in [0.25, 0.3) is 0 Å². The van der Waals surface area contributed by atoms with Crippen molar-refractivity contribution in [1.82, 2.24) is 0 Å². The minimum Gasteiger partial charge on any atom is -0.387 e. The summed E-state index contributed by atoms with van der Waals surface area (Å²) in [5.41, 5.74) is 0. The Labute approximate surface area is 259 Å². The molecule has 280 valence electrons. The third-order valence-electron chi connectivity index (χ3n) is 5.82. The maximum Gasteiger partial charge on any atom is 0.473 e. The molecule has 0 heterocycles. The molecule has 0 aliphatic heterocycles. The Morgan fingerprint density at radius 1 is 0.277 bits per heavy atom. The molecule has 2 rings (SSSR count). The normalized spacial score (nSPS) is 37.8. The Bertz CT molecular complexity index is 1300. The fourth-order valence-electron chi connectivity index (χ4n) is 4.29. The Hall–Kier alpha value is 0.460. The van der Waals surface area contributed by atoms with Crippen molar-refractivity contribution in [3.05, 3.63) is 0 Å². The molecular formula is C12H28O29P6. The van der Waals surface area contributed by atoms with Crippen LogP contribution in [0.1, 0.15) is 0 Å². The highest BCUT2D eigenvalue weighted by atomic mass is 31.2. The summed E-state index contributed by atoms with van der Waals surface area (Å²) in [4.78, 5) is 104. The van der Waals surface area contributed by atoms with Crippen LogP contribution in [0.15, 0.2) is 0 Å². The molecule has 35 heteroatoms. The van der Waals surface area contributed by atoms with Gasteiger partial charge >= 0.3 is 46.9 Å². The highest BCUT2D eigenvalue weighted by molar-refractivity contribution is 7.48. The Balaban J connectivity index is 2.86. The van der Waals surface area contributed by atoms with E-state index < -0.39 is 120 Å². The van der Waals surface area contributed by atoms with Crippen molar-refractivity contribution in [3.8, 4) is 0 Å². The van der Waals surface area contributed by atoms with Crippen LogP contribution in [0.2, 0.25) is 0 Å². The second-order valence-corrected chi connectivity index (χ2v) is 16.7. The van der Waals surface area contributed by atoms with Gasteiger partial charge in [-0.05, 0) is 0 Å². The summed E-state index contributed by atoms with van der Waals surface area (Å²) in [5, 5.41) is 49.5. The standard InChI is InChI=1S/C12H28O29P6/c13-1-2(14)4(16)6(5(17)3(1)15)40-47(33,34)41-12-10(38-45(27,28)29)8(36-43(21,22)23)7(35-42(18,19)20)9(37-44(24,25)26)11(12)39-46(30,31)32/h1-17H,(H,33,34)(H2,18,19,20)(H2,21,22,23)(H2,24,25,26)(H2,27,28,29)(H2,30,31,32)/t1?,2?,3?,4?,5?,6?,7-,8-,9+,10-,11-,12-/m0/s1. The molecule has 2 saturated carbocycles. The van der Waals surface area contributed by atoms with E-state index in [4.69, 9.17) is 0 Å². The lowest BCUT2D eigenvalue weighted by molar-refractivity contribution is -0.225. The molecule has 0 amide bonds. The fraction of sp³-hybridized carbons (Fsp3) is 1.00. The van der Waals surface area contributed by atoms with E-state index in [0.29, 0.717) is 0 Å². The third kappa shape index (κ3) is 13.2. The second kappa shape index (κ2) is 15.2. The lowest BCUT2D eigenvalue weighted by Gasteiger charge is -2.48. The molecule has 47 heavy (non-hydrogen) atoms. The molecule has 2 aliphatic carbocycles. The van der Waals surface area contributed by atoms with Crippen LogP contribution < -0.4 is 0 Å². The molecule has 0 aromatic rings. The van der Waals surface area contributed by atoms with Crippen LogP contribution in [0.5, 0.6) is 0 Å². The van der Waals surface area contributed by atoms with Crippen LogP contribution in [0.25, 0.3) is 0 Å². The van der Waals surface area contributed by atoms with E-state index in [1.54, 1.807) is 0 Å². The first-order chi connectivity index (χ1) is 20.7. The number of hydrogen-bond acceptors (Lipinski definition) is 18. The first kappa shape index (κ1) is 43.6. The van der Waals surface area contributed by atoms with E-state index in [9.17, 15) is 107 Å². The summed E-state index contributed by atoms with van der Waals surface area (Å²) in [6.45, 7) is 0. The number of aliphatic hydroxyl groups is 5. The summed E-state index contributed by atoms with van der Waals surface area (Å²) in [6.07, 6.45) is -35.1. The highest BCUT2D eigenvalue weighted by Gasteiger charge is 2.63. The van der Waals surface area contributed by atoms with Crippen LogP contribution in [-0.4, -0.2) is 153 Å². The first-order valence-corrected chi connectivity index (χ1v) is 20.7. The Morgan fingerprint density at radius 2 is 0.447 bits per heavy atom. The first-order valence-electron chi connectivity index (χ1n) is 11.5. The van der Waals surface area contributed by atoms with Gasteiger partial charge in [-0.1, -0.05) is 0 Å². The topological polar surface area (TPSA) is 491 Å². The van der Waals surface area contributed by atoms with Crippen molar-refractivity contribution < 1.29 is 138 Å². The van der Waals surface area contributed by atoms with E-state index >= 15 is 0 Å². The maximum absolute atomic E-state index is 13.1. The molecule has 0 spiro atoms. The van der Waals surface area contributed by atoms with Crippen LogP contribution in [0.3, 0.4) is 0 Å². The predicted molar refractivity (Wildman–Crippen MR) is 134 cm³/mol. The summed E-state index contributed by atoms with van der Waals surface area (Å²) in [7, 11) is -37.4. The molecule has 2 aliphatic rings. The van der Waals surface area contributed by atoms with Gasteiger partial charge in [-0.3, -0.25) is 31.7 Å². The van der Waals surface area contributed by atoms with Gasteiger partial charge in [-0.2, -0.15) is 0 Å². The maximum atomic E-state index is 13.1. The summed E-state index contributed by atoms with van der Waals surface area (Å²) in [5.74, 6) is 0. The number of aliphatic hydroxyl groups excluding tert-OH is 5. The molecule has 16 N–H and O–H groups in total. The van der Waals surface area contributed by atoms with Crippen molar-refractivity contribution in [2.24, 2.45) is 0 Å². The van der Waals surface area contributed by atoms with Gasteiger partial charge in [0, 0.05) is 0 Å². The predicted octanol–water partition coefficient (Wildman–Crippen LogP) is -5.92. The van der Waals surface area contributed by atoms with Crippen molar-refractivity contribution >= 4 is 46.9 Å². The van der Waals surface area contributed by atoms with Crippen LogP contribution in [-0.2, 0) is 59.1 Å². The van der Waals surface area contributed by atoms with Crippen LogP contribution in [0, 0.1) is 0 Å². The quantitative estimate of drug-likeness (QED) is 0.0725. The van der Waals surface area contributed by atoms with Crippen molar-refractivity contribution in [3.63, 3.8) is 0 Å². The van der Waals surface area contributed by atoms with Gasteiger partial charge in [-0.25, -0.2) is 27.4 Å². The number of hydrogen-bond donors (Lipinski definition) is 16. The van der Waals surface area contributed by atoms with Crippen molar-refractivity contribution in [2.75, 3.05) is 0 Å². The van der Waals surface area contributed by atoms with Crippen LogP contribution in [0.4, 0.5) is 0 Å². The molecule has 0 radical (unpaired) electrons. The minimum atomic E-state index is -6.38. The average Bonchev–Trinajstić information content (AvgIpc) is 2.82. The van der Waals surface area contributed by atoms with E-state index in [2.05, 4.69) is 31.7 Å². The molecule has 5 unspecified atom stereocenters. The lowest BCUT2D eigenvalue weighted by atomic mass is 9.85. The highest BCUT2D eigenvalue weighted by Crippen LogP contribution is 2.58. The van der Waals surface area contributed by atoms with E-state index in [1.807, 2.05) is 0 Å². The second-order valence-electron chi connectivity index (χ2n) is 9.36. The van der Waals surface area contributed by atoms with E-state index in [1.165, 1.54) is 0 Å². The molecule has 11 atom stereocenters. The largest absolute Gasteiger partial charge is 0.473 e. The van der Waals surface area contributed by atoms with Gasteiger partial charge in [-0.15, -0.1) is 0 Å². The summed E-state index contributed by atoms with van der Waals surface area (Å²) >= 11 is 0. The van der Waals surface area contributed by atoms with E-state index in [-0.39, 0.29) is 0 Å². The molecular weight excluding hydrogens is 794 g/mol. The molecule has 0 aromatic carbocycles. The Morgan fingerprint density at radius 3 is 0.660 bits per heavy atom. The van der Waals surface area contributed by atoms with Crippen LogP contribution >= 0.6 is 46.9 Å². The number of phosphoric ester groups is 6. The summed E-state index contributed by atoms with van der Waals surface area (Å²) < 4.78 is 102. The monoisotopic (exact) mass is 822 g/mol. The minimum absolute atomic E-state index is 2.32. The fourth-order valence-corrected chi connectivity index (χ4v) is 8.23. The van der Waals surface area contributed by atoms with Gasteiger partial charge in [0.1, 0.15) is 73.2 Å². The molecule has 29 nitrogen and oxygen atoms in total. The molecule has 0 bridgehead atoms.